The second-order valence-electron chi connectivity index (χ2n) is 9.87. The van der Waals surface area contributed by atoms with Gasteiger partial charge in [-0.3, -0.25) is 13.9 Å². The average molecular weight is 563 g/mol. The summed E-state index contributed by atoms with van der Waals surface area (Å²) in [5.74, 6) is 0.428. The fourth-order valence-electron chi connectivity index (χ4n) is 5.11. The lowest BCUT2D eigenvalue weighted by Crippen LogP contribution is -2.30. The quantitative estimate of drug-likeness (QED) is 0.174. The minimum Gasteiger partial charge on any atom is -0.495 e. The summed E-state index contributed by atoms with van der Waals surface area (Å²) in [6.07, 6.45) is 4.69. The molecule has 12 nitrogen and oxygen atoms in total. The largest absolute Gasteiger partial charge is 0.495 e. The minimum absolute atomic E-state index is 0.199. The Hall–Kier alpha value is -4.17. The molecule has 6 rings (SSSR count). The number of nitrogens with one attached hydrogen (secondary N) is 3. The van der Waals surface area contributed by atoms with E-state index >= 15 is 0 Å². The highest BCUT2D eigenvalue weighted by molar-refractivity contribution is 8.23. The van der Waals surface area contributed by atoms with Crippen LogP contribution in [-0.2, 0) is 0 Å². The van der Waals surface area contributed by atoms with Crippen molar-refractivity contribution in [2.75, 3.05) is 37.5 Å². The Morgan fingerprint density at radius 2 is 1.95 bits per heavy atom. The van der Waals surface area contributed by atoms with E-state index in [1.165, 1.54) is 19.7 Å². The van der Waals surface area contributed by atoms with Gasteiger partial charge in [0, 0.05) is 22.7 Å². The molecule has 1 aliphatic rings. The lowest BCUT2D eigenvalue weighted by Gasteiger charge is -2.26. The van der Waals surface area contributed by atoms with Gasteiger partial charge in [-0.1, -0.05) is 6.07 Å². The van der Waals surface area contributed by atoms with Crippen LogP contribution in [0.5, 0.6) is 5.75 Å². The number of nitrogens with zero attached hydrogens (tertiary/aromatic N) is 4. The highest BCUT2D eigenvalue weighted by Gasteiger charge is 2.24. The number of rotatable bonds is 6. The number of anilines is 2. The van der Waals surface area contributed by atoms with Crippen LogP contribution in [0.25, 0.3) is 33.2 Å². The normalized spacial score (nSPS) is 15.0. The molecular weight excluding hydrogens is 532 g/mol. The molecule has 1 amide bonds. The van der Waals surface area contributed by atoms with Gasteiger partial charge in [-0.05, 0) is 62.3 Å². The zero-order chi connectivity index (χ0) is 28.0. The Morgan fingerprint density at radius 1 is 1.15 bits per heavy atom. The molecule has 4 heterocycles. The fourth-order valence-corrected chi connectivity index (χ4v) is 5.78. The molecule has 1 saturated heterocycles. The van der Waals surface area contributed by atoms with Crippen LogP contribution in [0.4, 0.5) is 11.5 Å². The van der Waals surface area contributed by atoms with Gasteiger partial charge in [0.05, 0.1) is 29.1 Å². The number of carbonyl (C=O) groups excluding carboxylic acids is 1. The molecule has 5 aromatic rings. The summed E-state index contributed by atoms with van der Waals surface area (Å²) in [6, 6.07) is 12.3. The number of benzene rings is 2. The van der Waals surface area contributed by atoms with E-state index in [4.69, 9.17) is 15.6 Å². The topological polar surface area (TPSA) is 176 Å². The highest BCUT2D eigenvalue weighted by Crippen LogP contribution is 2.45. The Morgan fingerprint density at radius 3 is 2.70 bits per heavy atom. The van der Waals surface area contributed by atoms with Gasteiger partial charge in [-0.25, -0.2) is 14.6 Å². The first kappa shape index (κ1) is 26.1. The lowest BCUT2D eigenvalue weighted by atomic mass is 10.1. The molecule has 0 unspecified atom stereocenters. The number of carbonyl (C=O) groups is 1. The molecule has 0 radical (unpaired) electrons. The maximum Gasteiger partial charge on any atom is 0.272 e. The lowest BCUT2D eigenvalue weighted by molar-refractivity contribution is 0.102. The molecule has 13 heteroatoms. The van der Waals surface area contributed by atoms with E-state index in [0.29, 0.717) is 55.5 Å². The van der Waals surface area contributed by atoms with Gasteiger partial charge < -0.3 is 26.1 Å². The highest BCUT2D eigenvalue weighted by atomic mass is 32.3. The number of piperidine rings is 1. The van der Waals surface area contributed by atoms with E-state index in [2.05, 4.69) is 25.6 Å². The van der Waals surface area contributed by atoms with Gasteiger partial charge in [0.15, 0.2) is 5.65 Å². The van der Waals surface area contributed by atoms with Crippen molar-refractivity contribution in [2.24, 2.45) is 0 Å². The molecule has 1 aliphatic heterocycles. The van der Waals surface area contributed by atoms with Crippen LogP contribution in [0.3, 0.4) is 0 Å². The van der Waals surface area contributed by atoms with Crippen LogP contribution >= 0.6 is 10.6 Å². The van der Waals surface area contributed by atoms with Crippen molar-refractivity contribution in [3.63, 3.8) is 0 Å². The van der Waals surface area contributed by atoms with Crippen molar-refractivity contribution in [3.05, 3.63) is 54.5 Å². The molecule has 2 aromatic carbocycles. The van der Waals surface area contributed by atoms with Crippen LogP contribution < -0.4 is 21.1 Å². The number of amides is 1. The van der Waals surface area contributed by atoms with Crippen LogP contribution in [0.1, 0.15) is 29.4 Å². The smallest absolute Gasteiger partial charge is 0.272 e. The van der Waals surface area contributed by atoms with E-state index in [9.17, 15) is 13.9 Å². The Balaban J connectivity index is 1.32. The molecule has 0 spiro atoms. The van der Waals surface area contributed by atoms with Crippen molar-refractivity contribution >= 4 is 49.9 Å². The maximum atomic E-state index is 13.1. The Labute approximate surface area is 231 Å². The van der Waals surface area contributed by atoms with Gasteiger partial charge in [-0.2, -0.15) is 15.7 Å². The molecule has 0 aliphatic carbocycles. The first-order chi connectivity index (χ1) is 19.2. The number of nitrogens with two attached hydrogens (primary N) is 1. The van der Waals surface area contributed by atoms with E-state index in [1.54, 1.807) is 36.4 Å². The average Bonchev–Trinajstić information content (AvgIpc) is 3.56. The van der Waals surface area contributed by atoms with E-state index in [0.717, 1.165) is 31.5 Å². The number of aromatic nitrogens is 5. The van der Waals surface area contributed by atoms with Crippen molar-refractivity contribution in [2.45, 2.75) is 23.8 Å². The zero-order valence-electron chi connectivity index (χ0n) is 22.0. The minimum atomic E-state index is -2.87. The Kier molecular flexibility index (Phi) is 6.58. The number of methoxy groups -OCH3 is 1. The zero-order valence-corrected chi connectivity index (χ0v) is 22.8. The summed E-state index contributed by atoms with van der Waals surface area (Å²) >= 11 is 0. The number of H-pyrrole nitrogens is 1. The number of ether oxygens (including phenoxy) is 1. The van der Waals surface area contributed by atoms with Crippen molar-refractivity contribution in [3.8, 4) is 17.0 Å². The number of hydrogen-bond acceptors (Lipinski definition) is 9. The monoisotopic (exact) mass is 562 g/mol. The molecule has 1 fully saturated rings. The standard InChI is InChI=1S/C27H30N8O4S/c1-39-22-13-15(24-23-25(28)30-14-31-26(23)35(34-24)17-7-9-29-10-8-17)3-5-20(22)33-27(36)21-12-16-11-18(40(2,37)38)4-6-19(16)32-21/h3-6,11-14,17,29,32,37-38H,7-10H2,1-2H3,(H,33,36)(H2,28,30,31). The molecule has 3 aromatic heterocycles. The third-order valence-electron chi connectivity index (χ3n) is 7.18. The summed E-state index contributed by atoms with van der Waals surface area (Å²) in [5, 5.41) is 12.6. The third kappa shape index (κ3) is 4.73. The van der Waals surface area contributed by atoms with Gasteiger partial charge in [-0.15, -0.1) is 0 Å². The molecule has 0 bridgehead atoms. The van der Waals surface area contributed by atoms with E-state index < -0.39 is 10.6 Å². The number of nitrogen functional groups attached to an aromatic ring is 1. The van der Waals surface area contributed by atoms with Crippen LogP contribution in [0.2, 0.25) is 0 Å². The van der Waals surface area contributed by atoms with Crippen molar-refractivity contribution in [1.82, 2.24) is 30.0 Å². The van der Waals surface area contributed by atoms with Crippen LogP contribution in [0.15, 0.2) is 53.7 Å². The van der Waals surface area contributed by atoms with Gasteiger partial charge in [0.25, 0.3) is 5.91 Å². The summed E-state index contributed by atoms with van der Waals surface area (Å²) in [5.41, 5.74) is 9.90. The van der Waals surface area contributed by atoms with Gasteiger partial charge in [0.1, 0.15) is 29.3 Å². The number of fused-ring (bicyclic) bond motifs is 2. The van der Waals surface area contributed by atoms with Crippen LogP contribution in [0, 0.1) is 0 Å². The van der Waals surface area contributed by atoms with Crippen LogP contribution in [-0.4, -0.2) is 66.2 Å². The third-order valence-corrected chi connectivity index (χ3v) is 8.33. The van der Waals surface area contributed by atoms with Crippen molar-refractivity contribution < 1.29 is 18.6 Å². The van der Waals surface area contributed by atoms with Crippen molar-refractivity contribution in [1.29, 1.82) is 0 Å². The fraction of sp³-hybridized carbons (Fsp3) is 0.259. The molecule has 0 atom stereocenters. The number of hydrogen-bond donors (Lipinski definition) is 6. The second kappa shape index (κ2) is 10.1. The molecule has 0 saturated carbocycles. The predicted octanol–water partition coefficient (Wildman–Crippen LogP) is 4.48. The summed E-state index contributed by atoms with van der Waals surface area (Å²) in [6.45, 7) is 1.82. The van der Waals surface area contributed by atoms with E-state index in [-0.39, 0.29) is 11.9 Å². The van der Waals surface area contributed by atoms with E-state index in [1.807, 2.05) is 10.7 Å². The molecular formula is C27H30N8O4S. The van der Waals surface area contributed by atoms with Gasteiger partial charge >= 0.3 is 0 Å². The maximum absolute atomic E-state index is 13.1. The Bertz CT molecular complexity index is 1740. The first-order valence-electron chi connectivity index (χ1n) is 12.8. The molecule has 7 N–H and O–H groups in total. The SMILES string of the molecule is COc1cc(-c2nn(C3CCNCC3)c3ncnc(N)c23)ccc1NC(=O)c1cc2cc(S(C)(O)O)ccc2[nH]1. The summed E-state index contributed by atoms with van der Waals surface area (Å²) < 4.78 is 27.5. The molecule has 208 valence electrons. The van der Waals surface area contributed by atoms with Gasteiger partial charge in [0.2, 0.25) is 0 Å². The second-order valence-corrected chi connectivity index (χ2v) is 12.0. The molecule has 40 heavy (non-hydrogen) atoms. The predicted molar refractivity (Wildman–Crippen MR) is 156 cm³/mol. The number of aromatic amines is 1. The summed E-state index contributed by atoms with van der Waals surface area (Å²) in [4.78, 5) is 25.3. The first-order valence-corrected chi connectivity index (χ1v) is 14.7. The summed E-state index contributed by atoms with van der Waals surface area (Å²) in [7, 11) is -1.33.